The van der Waals surface area contributed by atoms with Crippen molar-refractivity contribution >= 4 is 5.91 Å². The second-order valence-electron chi connectivity index (χ2n) is 9.58. The van der Waals surface area contributed by atoms with Crippen LogP contribution in [0.1, 0.15) is 45.4 Å². The van der Waals surface area contributed by atoms with Gasteiger partial charge in [-0.3, -0.25) is 14.4 Å². The second-order valence-corrected chi connectivity index (χ2v) is 9.58. The minimum absolute atomic E-state index is 0.000925. The fraction of sp³-hybridized carbons (Fsp3) is 0.810. The zero-order valence-corrected chi connectivity index (χ0v) is 16.0. The normalized spacial score (nSPS) is 37.9. The van der Waals surface area contributed by atoms with Crippen molar-refractivity contribution in [1.29, 1.82) is 0 Å². The Balaban J connectivity index is 1.19. The number of carbonyl (C=O) groups excluding carboxylic acids is 1. The van der Waals surface area contributed by atoms with Gasteiger partial charge in [0.25, 0.3) is 0 Å². The van der Waals surface area contributed by atoms with Gasteiger partial charge >= 0.3 is 0 Å². The summed E-state index contributed by atoms with van der Waals surface area (Å²) < 4.78 is 1.87. The quantitative estimate of drug-likeness (QED) is 0.833. The lowest BCUT2D eigenvalue weighted by molar-refractivity contribution is -0.142. The van der Waals surface area contributed by atoms with E-state index in [9.17, 15) is 4.79 Å². The van der Waals surface area contributed by atoms with Gasteiger partial charge in [-0.15, -0.1) is 0 Å². The number of carbonyl (C=O) groups is 1. The first-order chi connectivity index (χ1) is 12.6. The highest BCUT2D eigenvalue weighted by molar-refractivity contribution is 5.78. The van der Waals surface area contributed by atoms with Crippen molar-refractivity contribution in [2.24, 2.45) is 23.7 Å². The van der Waals surface area contributed by atoms with E-state index in [4.69, 9.17) is 0 Å². The first kappa shape index (κ1) is 16.8. The van der Waals surface area contributed by atoms with Crippen molar-refractivity contribution in [1.82, 2.24) is 19.6 Å². The predicted molar refractivity (Wildman–Crippen MR) is 100 cm³/mol. The summed E-state index contributed by atoms with van der Waals surface area (Å²) in [5.41, 5.74) is 0.491. The van der Waals surface area contributed by atoms with Crippen molar-refractivity contribution in [2.45, 2.75) is 57.5 Å². The summed E-state index contributed by atoms with van der Waals surface area (Å²) in [6.45, 7) is 6.68. The van der Waals surface area contributed by atoms with E-state index in [2.05, 4.69) is 14.9 Å². The Morgan fingerprint density at radius 3 is 2.23 bits per heavy atom. The highest BCUT2D eigenvalue weighted by Crippen LogP contribution is 2.57. The third kappa shape index (κ3) is 2.88. The molecule has 2 heterocycles. The van der Waals surface area contributed by atoms with Gasteiger partial charge in [0.2, 0.25) is 5.91 Å². The Kier molecular flexibility index (Phi) is 4.11. The molecule has 0 unspecified atom stereocenters. The molecule has 1 atom stereocenters. The average Bonchev–Trinajstić information content (AvgIpc) is 3.13. The van der Waals surface area contributed by atoms with Gasteiger partial charge in [0.1, 0.15) is 0 Å². The molecule has 4 saturated carbocycles. The van der Waals surface area contributed by atoms with Gasteiger partial charge in [-0.25, -0.2) is 0 Å². The number of hydrogen-bond donors (Lipinski definition) is 0. The maximum Gasteiger partial charge on any atom is 0.227 e. The largest absolute Gasteiger partial charge is 0.340 e. The lowest BCUT2D eigenvalue weighted by Gasteiger charge is -2.61. The number of nitrogens with zero attached hydrogens (tertiary/aromatic N) is 4. The summed E-state index contributed by atoms with van der Waals surface area (Å²) >= 11 is 0. The van der Waals surface area contributed by atoms with Crippen molar-refractivity contribution in [3.63, 3.8) is 0 Å². The molecule has 5 fully saturated rings. The van der Waals surface area contributed by atoms with Crippen molar-refractivity contribution in [2.75, 3.05) is 26.2 Å². The molecule has 0 spiro atoms. The van der Waals surface area contributed by atoms with E-state index in [1.54, 1.807) is 6.20 Å². The molecule has 1 aromatic heterocycles. The van der Waals surface area contributed by atoms with Crippen LogP contribution in [-0.2, 0) is 11.3 Å². The number of hydrogen-bond acceptors (Lipinski definition) is 3. The first-order valence-corrected chi connectivity index (χ1v) is 10.6. The predicted octanol–water partition coefficient (Wildman–Crippen LogP) is 2.63. The number of amides is 1. The van der Waals surface area contributed by atoms with Crippen LogP contribution in [0.15, 0.2) is 18.5 Å². The van der Waals surface area contributed by atoms with E-state index < -0.39 is 0 Å². The topological polar surface area (TPSA) is 41.4 Å². The minimum atomic E-state index is 0.000925. The molecule has 1 aromatic rings. The highest BCUT2D eigenvalue weighted by Gasteiger charge is 2.53. The molecule has 5 heteroatoms. The van der Waals surface area contributed by atoms with Crippen LogP contribution in [0, 0.1) is 23.7 Å². The van der Waals surface area contributed by atoms with Crippen LogP contribution in [0.3, 0.4) is 0 Å². The van der Waals surface area contributed by atoms with Crippen LogP contribution < -0.4 is 0 Å². The molecule has 1 amide bonds. The average molecular weight is 357 g/mol. The first-order valence-electron chi connectivity index (χ1n) is 10.6. The molecular weight excluding hydrogens is 324 g/mol. The van der Waals surface area contributed by atoms with Gasteiger partial charge < -0.3 is 4.90 Å². The van der Waals surface area contributed by atoms with Crippen molar-refractivity contribution in [3.05, 3.63) is 18.5 Å². The highest BCUT2D eigenvalue weighted by atomic mass is 16.2. The number of aromatic nitrogens is 2. The van der Waals surface area contributed by atoms with Crippen LogP contribution >= 0.6 is 0 Å². The Bertz CT molecular complexity index is 612. The Morgan fingerprint density at radius 1 is 1.08 bits per heavy atom. The van der Waals surface area contributed by atoms with Gasteiger partial charge in [-0.1, -0.05) is 6.92 Å². The van der Waals surface area contributed by atoms with Gasteiger partial charge in [0.15, 0.2) is 0 Å². The zero-order chi connectivity index (χ0) is 17.7. The summed E-state index contributed by atoms with van der Waals surface area (Å²) in [6.07, 6.45) is 12.5. The van der Waals surface area contributed by atoms with E-state index in [0.29, 0.717) is 18.0 Å². The lowest BCUT2D eigenvalue weighted by Crippen LogP contribution is -2.64. The maximum absolute atomic E-state index is 12.8. The number of piperazine rings is 1. The SMILES string of the molecule is C[C@H](Cn1cccn1)C(=O)N1CCN(C23CC4CC(CC(C4)C2)C3)CC1. The van der Waals surface area contributed by atoms with Crippen LogP contribution in [-0.4, -0.2) is 57.2 Å². The standard InChI is InChI=1S/C21H32N4O/c1-16(15-25-4-2-3-22-25)20(26)23-5-7-24(8-6-23)21-12-17-9-18(13-21)11-19(10-17)14-21/h2-4,16-19H,5-15H2,1H3/t16-,17?,18?,19?,21?/m1/s1. The lowest BCUT2D eigenvalue weighted by atomic mass is 9.52. The smallest absolute Gasteiger partial charge is 0.227 e. The van der Waals surface area contributed by atoms with E-state index in [1.807, 2.05) is 23.9 Å². The monoisotopic (exact) mass is 356 g/mol. The molecular formula is C21H32N4O. The summed E-state index contributed by atoms with van der Waals surface area (Å²) in [4.78, 5) is 17.7. The molecule has 0 radical (unpaired) electrons. The van der Waals surface area contributed by atoms with Gasteiger partial charge in [0, 0.05) is 44.1 Å². The summed E-state index contributed by atoms with van der Waals surface area (Å²) in [6, 6.07) is 1.92. The Hall–Kier alpha value is -1.36. The fourth-order valence-corrected chi connectivity index (χ4v) is 6.93. The molecule has 26 heavy (non-hydrogen) atoms. The summed E-state index contributed by atoms with van der Waals surface area (Å²) in [5, 5.41) is 4.24. The minimum Gasteiger partial charge on any atom is -0.340 e. The van der Waals surface area contributed by atoms with Crippen LogP contribution in [0.5, 0.6) is 0 Å². The second kappa shape index (κ2) is 6.36. The Morgan fingerprint density at radius 2 is 1.69 bits per heavy atom. The molecule has 0 N–H and O–H groups in total. The molecule has 142 valence electrons. The molecule has 5 nitrogen and oxygen atoms in total. The summed E-state index contributed by atoms with van der Waals surface area (Å²) in [5.74, 6) is 3.28. The molecule has 0 aromatic carbocycles. The number of rotatable bonds is 4. The fourth-order valence-electron chi connectivity index (χ4n) is 6.93. The van der Waals surface area contributed by atoms with Crippen LogP contribution in [0.25, 0.3) is 0 Å². The maximum atomic E-state index is 12.8. The van der Waals surface area contributed by atoms with Crippen molar-refractivity contribution < 1.29 is 4.79 Å². The van der Waals surface area contributed by atoms with Crippen LogP contribution in [0.2, 0.25) is 0 Å². The third-order valence-corrected chi connectivity index (χ3v) is 7.71. The van der Waals surface area contributed by atoms with E-state index in [-0.39, 0.29) is 5.92 Å². The van der Waals surface area contributed by atoms with E-state index in [0.717, 1.165) is 43.9 Å². The summed E-state index contributed by atoms with van der Waals surface area (Å²) in [7, 11) is 0. The third-order valence-electron chi connectivity index (χ3n) is 7.71. The van der Waals surface area contributed by atoms with E-state index in [1.165, 1.54) is 38.5 Å². The molecule has 6 rings (SSSR count). The van der Waals surface area contributed by atoms with Crippen LogP contribution in [0.4, 0.5) is 0 Å². The Labute approximate surface area is 156 Å². The van der Waals surface area contributed by atoms with Gasteiger partial charge in [0.05, 0.1) is 12.5 Å². The van der Waals surface area contributed by atoms with E-state index >= 15 is 0 Å². The van der Waals surface area contributed by atoms with Gasteiger partial charge in [-0.2, -0.15) is 5.10 Å². The van der Waals surface area contributed by atoms with Gasteiger partial charge in [-0.05, 0) is 62.3 Å². The molecule has 5 aliphatic rings. The molecule has 1 aliphatic heterocycles. The molecule has 4 aliphatic carbocycles. The zero-order valence-electron chi connectivity index (χ0n) is 16.0. The van der Waals surface area contributed by atoms with Crippen molar-refractivity contribution in [3.8, 4) is 0 Å². The molecule has 4 bridgehead atoms. The molecule has 1 saturated heterocycles.